The first kappa shape index (κ1) is 16.5. The lowest BCUT2D eigenvalue weighted by Gasteiger charge is -2.22. The predicted molar refractivity (Wildman–Crippen MR) is 79.5 cm³/mol. The van der Waals surface area contributed by atoms with Crippen LogP contribution < -0.4 is 10.1 Å². The molecule has 1 aromatic carbocycles. The van der Waals surface area contributed by atoms with Crippen LogP contribution in [0.2, 0.25) is 0 Å². The Balaban J connectivity index is 2.56. The van der Waals surface area contributed by atoms with Crippen LogP contribution in [0.15, 0.2) is 24.3 Å². The molecule has 0 bridgehead atoms. The molecule has 4 heteroatoms. The van der Waals surface area contributed by atoms with Crippen LogP contribution in [0.1, 0.15) is 39.7 Å². The van der Waals surface area contributed by atoms with Crippen LogP contribution >= 0.6 is 0 Å². The molecule has 1 rings (SSSR count). The van der Waals surface area contributed by atoms with Gasteiger partial charge in [-0.2, -0.15) is 0 Å². The molecule has 0 spiro atoms. The van der Waals surface area contributed by atoms with Crippen molar-refractivity contribution >= 4 is 5.91 Å². The predicted octanol–water partition coefficient (Wildman–Crippen LogP) is 2.50. The molecule has 1 amide bonds. The fourth-order valence-corrected chi connectivity index (χ4v) is 1.81. The van der Waals surface area contributed by atoms with Gasteiger partial charge in [-0.05, 0) is 37.5 Å². The molecule has 1 aromatic rings. The molecule has 3 atom stereocenters. The first-order valence-corrected chi connectivity index (χ1v) is 7.14. The highest BCUT2D eigenvalue weighted by molar-refractivity contribution is 5.81. The fourth-order valence-electron chi connectivity index (χ4n) is 1.81. The molecule has 0 saturated carbocycles. The minimum Gasteiger partial charge on any atom is -0.481 e. The maximum atomic E-state index is 12.0. The maximum Gasteiger partial charge on any atom is 0.260 e. The molecule has 0 aliphatic carbocycles. The quantitative estimate of drug-likeness (QED) is 0.806. The number of carbonyl (C=O) groups is 1. The smallest absolute Gasteiger partial charge is 0.260 e. The van der Waals surface area contributed by atoms with Gasteiger partial charge in [-0.15, -0.1) is 0 Å². The standard InChI is InChI=1S/C16H25NO3/c1-5-11(2)12(3)17-16(19)13(4)20-15-8-6-7-14(9-15)10-18/h6-9,11-13,18H,5,10H2,1-4H3,(H,17,19). The Kier molecular flexibility index (Phi) is 6.52. The third-order valence-electron chi connectivity index (χ3n) is 3.63. The van der Waals surface area contributed by atoms with E-state index in [0.717, 1.165) is 12.0 Å². The summed E-state index contributed by atoms with van der Waals surface area (Å²) in [5, 5.41) is 12.0. The van der Waals surface area contributed by atoms with Crippen LogP contribution in [0.4, 0.5) is 0 Å². The summed E-state index contributed by atoms with van der Waals surface area (Å²) in [4.78, 5) is 12.0. The number of ether oxygens (including phenoxy) is 1. The van der Waals surface area contributed by atoms with E-state index in [0.29, 0.717) is 11.7 Å². The third-order valence-corrected chi connectivity index (χ3v) is 3.63. The van der Waals surface area contributed by atoms with Gasteiger partial charge >= 0.3 is 0 Å². The van der Waals surface area contributed by atoms with E-state index in [1.54, 1.807) is 25.1 Å². The van der Waals surface area contributed by atoms with Crippen molar-refractivity contribution in [1.29, 1.82) is 0 Å². The van der Waals surface area contributed by atoms with E-state index < -0.39 is 6.10 Å². The molecule has 3 unspecified atom stereocenters. The first-order chi connectivity index (χ1) is 9.47. The summed E-state index contributed by atoms with van der Waals surface area (Å²) in [5.41, 5.74) is 0.767. The lowest BCUT2D eigenvalue weighted by molar-refractivity contribution is -0.128. The molecular weight excluding hydrogens is 254 g/mol. The van der Waals surface area contributed by atoms with Crippen molar-refractivity contribution in [3.05, 3.63) is 29.8 Å². The number of rotatable bonds is 7. The van der Waals surface area contributed by atoms with Gasteiger partial charge in [0, 0.05) is 6.04 Å². The van der Waals surface area contributed by atoms with E-state index in [9.17, 15) is 4.79 Å². The molecule has 0 saturated heterocycles. The highest BCUT2D eigenvalue weighted by Crippen LogP contribution is 2.15. The molecule has 4 nitrogen and oxygen atoms in total. The van der Waals surface area contributed by atoms with Gasteiger partial charge in [-0.1, -0.05) is 32.4 Å². The van der Waals surface area contributed by atoms with Gasteiger partial charge in [0.05, 0.1) is 6.61 Å². The van der Waals surface area contributed by atoms with Crippen molar-refractivity contribution < 1.29 is 14.6 Å². The molecule has 0 radical (unpaired) electrons. The summed E-state index contributed by atoms with van der Waals surface area (Å²) in [6.07, 6.45) is 0.463. The van der Waals surface area contributed by atoms with Crippen LogP contribution in [0.3, 0.4) is 0 Å². The lowest BCUT2D eigenvalue weighted by Crippen LogP contribution is -2.43. The average molecular weight is 279 g/mol. The van der Waals surface area contributed by atoms with E-state index in [4.69, 9.17) is 9.84 Å². The normalized spacial score (nSPS) is 15.2. The van der Waals surface area contributed by atoms with E-state index in [1.165, 1.54) is 0 Å². The largest absolute Gasteiger partial charge is 0.481 e. The summed E-state index contributed by atoms with van der Waals surface area (Å²) in [5.74, 6) is 0.909. The van der Waals surface area contributed by atoms with Crippen LogP contribution in [0.5, 0.6) is 5.75 Å². The Morgan fingerprint density at radius 2 is 2.05 bits per heavy atom. The van der Waals surface area contributed by atoms with Crippen molar-refractivity contribution in [2.24, 2.45) is 5.92 Å². The summed E-state index contributed by atoms with van der Waals surface area (Å²) >= 11 is 0. The van der Waals surface area contributed by atoms with E-state index in [1.807, 2.05) is 13.0 Å². The topological polar surface area (TPSA) is 58.6 Å². The van der Waals surface area contributed by atoms with Crippen LogP contribution in [-0.4, -0.2) is 23.2 Å². The zero-order valence-corrected chi connectivity index (χ0v) is 12.7. The van der Waals surface area contributed by atoms with Gasteiger partial charge < -0.3 is 15.2 Å². The average Bonchev–Trinajstić information content (AvgIpc) is 2.46. The molecule has 0 aliphatic heterocycles. The minimum absolute atomic E-state index is 0.0389. The van der Waals surface area contributed by atoms with Gasteiger partial charge in [0.2, 0.25) is 0 Å². The number of hydrogen-bond donors (Lipinski definition) is 2. The molecule has 20 heavy (non-hydrogen) atoms. The highest BCUT2D eigenvalue weighted by atomic mass is 16.5. The molecule has 0 fully saturated rings. The molecule has 0 aliphatic rings. The summed E-state index contributed by atoms with van der Waals surface area (Å²) in [6.45, 7) is 7.91. The van der Waals surface area contributed by atoms with Gasteiger partial charge in [-0.3, -0.25) is 4.79 Å². The molecule has 112 valence electrons. The van der Waals surface area contributed by atoms with Crippen molar-refractivity contribution in [1.82, 2.24) is 5.32 Å². The molecule has 0 aromatic heterocycles. The Bertz CT molecular complexity index is 433. The lowest BCUT2D eigenvalue weighted by atomic mass is 10.0. The number of amides is 1. The summed E-state index contributed by atoms with van der Waals surface area (Å²) in [7, 11) is 0. The zero-order chi connectivity index (χ0) is 15.1. The van der Waals surface area contributed by atoms with Gasteiger partial charge in [0.1, 0.15) is 5.75 Å². The Labute approximate surface area is 121 Å². The summed E-state index contributed by atoms with van der Waals surface area (Å²) < 4.78 is 5.61. The van der Waals surface area contributed by atoms with Crippen LogP contribution in [-0.2, 0) is 11.4 Å². The number of benzene rings is 1. The monoisotopic (exact) mass is 279 g/mol. The highest BCUT2D eigenvalue weighted by Gasteiger charge is 2.19. The Hall–Kier alpha value is -1.55. The number of aliphatic hydroxyl groups is 1. The van der Waals surface area contributed by atoms with E-state index in [2.05, 4.69) is 19.2 Å². The van der Waals surface area contributed by atoms with Gasteiger partial charge in [0.15, 0.2) is 6.10 Å². The summed E-state index contributed by atoms with van der Waals surface area (Å²) in [6, 6.07) is 7.25. The van der Waals surface area contributed by atoms with Crippen molar-refractivity contribution in [3.8, 4) is 5.75 Å². The van der Waals surface area contributed by atoms with Crippen molar-refractivity contribution in [2.75, 3.05) is 0 Å². The number of aliphatic hydroxyl groups excluding tert-OH is 1. The molecular formula is C16H25NO3. The number of hydrogen-bond acceptors (Lipinski definition) is 3. The van der Waals surface area contributed by atoms with Crippen LogP contribution in [0, 0.1) is 5.92 Å². The second-order valence-electron chi connectivity index (χ2n) is 5.25. The fraction of sp³-hybridized carbons (Fsp3) is 0.562. The zero-order valence-electron chi connectivity index (χ0n) is 12.7. The van der Waals surface area contributed by atoms with E-state index >= 15 is 0 Å². The minimum atomic E-state index is -0.560. The van der Waals surface area contributed by atoms with Crippen molar-refractivity contribution in [2.45, 2.75) is 52.9 Å². The first-order valence-electron chi connectivity index (χ1n) is 7.14. The second kappa shape index (κ2) is 7.90. The van der Waals surface area contributed by atoms with E-state index in [-0.39, 0.29) is 18.6 Å². The second-order valence-corrected chi connectivity index (χ2v) is 5.25. The molecule has 2 N–H and O–H groups in total. The SMILES string of the molecule is CCC(C)C(C)NC(=O)C(C)Oc1cccc(CO)c1. The van der Waals surface area contributed by atoms with Crippen LogP contribution in [0.25, 0.3) is 0 Å². The molecule has 0 heterocycles. The number of nitrogens with one attached hydrogen (secondary N) is 1. The van der Waals surface area contributed by atoms with Gasteiger partial charge in [-0.25, -0.2) is 0 Å². The Morgan fingerprint density at radius 3 is 2.65 bits per heavy atom. The third kappa shape index (κ3) is 4.85. The maximum absolute atomic E-state index is 12.0. The Morgan fingerprint density at radius 1 is 1.35 bits per heavy atom. The van der Waals surface area contributed by atoms with Crippen molar-refractivity contribution in [3.63, 3.8) is 0 Å². The number of carbonyl (C=O) groups excluding carboxylic acids is 1. The van der Waals surface area contributed by atoms with Gasteiger partial charge in [0.25, 0.3) is 5.91 Å².